The zero-order chi connectivity index (χ0) is 13.6. The van der Waals surface area contributed by atoms with Crippen molar-refractivity contribution in [1.29, 1.82) is 0 Å². The van der Waals surface area contributed by atoms with Gasteiger partial charge in [0.15, 0.2) is 0 Å². The van der Waals surface area contributed by atoms with Crippen LogP contribution in [0.5, 0.6) is 0 Å². The molecule has 106 valence electrons. The van der Waals surface area contributed by atoms with Crippen molar-refractivity contribution in [2.24, 2.45) is 0 Å². The van der Waals surface area contributed by atoms with Gasteiger partial charge in [0.05, 0.1) is 11.7 Å². The van der Waals surface area contributed by atoms with Crippen LogP contribution in [-0.2, 0) is 9.53 Å². The standard InChI is InChI=1S/C14H27NO3/c1-4-15(11-14(2,3)17)13(16)10-18-12-8-6-5-7-9-12/h12,17H,4-11H2,1-3H3. The van der Waals surface area contributed by atoms with Gasteiger partial charge in [-0.15, -0.1) is 0 Å². The molecule has 1 aliphatic rings. The number of aliphatic hydroxyl groups is 1. The maximum Gasteiger partial charge on any atom is 0.248 e. The molecular weight excluding hydrogens is 230 g/mol. The van der Waals surface area contributed by atoms with E-state index in [1.54, 1.807) is 18.7 Å². The summed E-state index contributed by atoms with van der Waals surface area (Å²) in [6.07, 6.45) is 6.10. The van der Waals surface area contributed by atoms with Gasteiger partial charge < -0.3 is 14.7 Å². The Morgan fingerprint density at radius 2 is 1.94 bits per heavy atom. The molecule has 0 atom stereocenters. The van der Waals surface area contributed by atoms with Crippen LogP contribution in [0.3, 0.4) is 0 Å². The van der Waals surface area contributed by atoms with Crippen molar-refractivity contribution < 1.29 is 14.6 Å². The van der Waals surface area contributed by atoms with E-state index in [9.17, 15) is 9.90 Å². The molecule has 4 heteroatoms. The molecular formula is C14H27NO3. The summed E-state index contributed by atoms with van der Waals surface area (Å²) in [6.45, 7) is 6.46. The third-order valence-electron chi connectivity index (χ3n) is 3.31. The number of carbonyl (C=O) groups excluding carboxylic acids is 1. The molecule has 1 rings (SSSR count). The Labute approximate surface area is 110 Å². The average molecular weight is 257 g/mol. The summed E-state index contributed by atoms with van der Waals surface area (Å²) in [7, 11) is 0. The molecule has 1 fully saturated rings. The van der Waals surface area contributed by atoms with Crippen LogP contribution in [-0.4, -0.2) is 47.3 Å². The van der Waals surface area contributed by atoms with Crippen LogP contribution in [0.15, 0.2) is 0 Å². The van der Waals surface area contributed by atoms with Crippen molar-refractivity contribution in [1.82, 2.24) is 4.90 Å². The zero-order valence-electron chi connectivity index (χ0n) is 11.9. The first kappa shape index (κ1) is 15.4. The molecule has 1 saturated carbocycles. The van der Waals surface area contributed by atoms with Gasteiger partial charge in [-0.2, -0.15) is 0 Å². The normalized spacial score (nSPS) is 17.8. The van der Waals surface area contributed by atoms with Crippen LogP contribution in [0.25, 0.3) is 0 Å². The Kier molecular flexibility index (Phi) is 6.09. The summed E-state index contributed by atoms with van der Waals surface area (Å²) in [5.41, 5.74) is -0.851. The molecule has 4 nitrogen and oxygen atoms in total. The Morgan fingerprint density at radius 1 is 1.33 bits per heavy atom. The summed E-state index contributed by atoms with van der Waals surface area (Å²) in [6, 6.07) is 0. The van der Waals surface area contributed by atoms with Crippen molar-refractivity contribution >= 4 is 5.91 Å². The molecule has 1 aliphatic carbocycles. The number of amides is 1. The molecule has 0 aromatic rings. The van der Waals surface area contributed by atoms with Crippen molar-refractivity contribution in [2.75, 3.05) is 19.7 Å². The first-order valence-electron chi connectivity index (χ1n) is 7.04. The molecule has 0 aromatic heterocycles. The monoisotopic (exact) mass is 257 g/mol. The predicted molar refractivity (Wildman–Crippen MR) is 71.4 cm³/mol. The van der Waals surface area contributed by atoms with Crippen LogP contribution in [0.1, 0.15) is 52.9 Å². The summed E-state index contributed by atoms with van der Waals surface area (Å²) < 4.78 is 5.67. The zero-order valence-corrected chi connectivity index (χ0v) is 11.9. The van der Waals surface area contributed by atoms with Gasteiger partial charge in [0.1, 0.15) is 6.61 Å². The molecule has 0 heterocycles. The van der Waals surface area contributed by atoms with E-state index >= 15 is 0 Å². The van der Waals surface area contributed by atoms with E-state index in [1.807, 2.05) is 6.92 Å². The molecule has 0 bridgehead atoms. The Morgan fingerprint density at radius 3 is 2.44 bits per heavy atom. The van der Waals surface area contributed by atoms with E-state index in [1.165, 1.54) is 19.3 Å². The number of likely N-dealkylation sites (N-methyl/N-ethyl adjacent to an activating group) is 1. The number of hydrogen-bond acceptors (Lipinski definition) is 3. The van der Waals surface area contributed by atoms with Gasteiger partial charge in [-0.25, -0.2) is 0 Å². The van der Waals surface area contributed by atoms with Crippen LogP contribution in [0, 0.1) is 0 Å². The topological polar surface area (TPSA) is 49.8 Å². The fourth-order valence-electron chi connectivity index (χ4n) is 2.36. The third kappa shape index (κ3) is 5.83. The lowest BCUT2D eigenvalue weighted by Crippen LogP contribution is -2.44. The van der Waals surface area contributed by atoms with E-state index in [0.717, 1.165) is 12.8 Å². The SMILES string of the molecule is CCN(CC(C)(C)O)C(=O)COC1CCCCC1. The third-order valence-corrected chi connectivity index (χ3v) is 3.31. The van der Waals surface area contributed by atoms with Gasteiger partial charge in [-0.3, -0.25) is 4.79 Å². The fraction of sp³-hybridized carbons (Fsp3) is 0.929. The molecule has 0 aliphatic heterocycles. The van der Waals surface area contributed by atoms with Gasteiger partial charge in [0.2, 0.25) is 5.91 Å². The van der Waals surface area contributed by atoms with Crippen LogP contribution in [0.4, 0.5) is 0 Å². The Hall–Kier alpha value is -0.610. The number of hydrogen-bond donors (Lipinski definition) is 1. The van der Waals surface area contributed by atoms with Crippen LogP contribution in [0.2, 0.25) is 0 Å². The number of carbonyl (C=O) groups is 1. The minimum atomic E-state index is -0.851. The van der Waals surface area contributed by atoms with Gasteiger partial charge in [-0.1, -0.05) is 19.3 Å². The summed E-state index contributed by atoms with van der Waals surface area (Å²) in [4.78, 5) is 13.6. The van der Waals surface area contributed by atoms with E-state index < -0.39 is 5.60 Å². The average Bonchev–Trinajstić information content (AvgIpc) is 2.33. The highest BCUT2D eigenvalue weighted by atomic mass is 16.5. The molecule has 0 spiro atoms. The van der Waals surface area contributed by atoms with E-state index in [4.69, 9.17) is 4.74 Å². The van der Waals surface area contributed by atoms with Crippen molar-refractivity contribution in [3.05, 3.63) is 0 Å². The molecule has 1 amide bonds. The number of ether oxygens (including phenoxy) is 1. The Bertz CT molecular complexity index is 254. The van der Waals surface area contributed by atoms with E-state index in [2.05, 4.69) is 0 Å². The molecule has 0 aromatic carbocycles. The summed E-state index contributed by atoms with van der Waals surface area (Å²) in [5, 5.41) is 9.75. The second-order valence-corrected chi connectivity index (χ2v) is 5.79. The van der Waals surface area contributed by atoms with Crippen LogP contribution < -0.4 is 0 Å². The first-order valence-corrected chi connectivity index (χ1v) is 7.04. The minimum absolute atomic E-state index is 0.0230. The molecule has 1 N–H and O–H groups in total. The highest BCUT2D eigenvalue weighted by Gasteiger charge is 2.22. The lowest BCUT2D eigenvalue weighted by Gasteiger charge is -2.29. The van der Waals surface area contributed by atoms with Gasteiger partial charge >= 0.3 is 0 Å². The van der Waals surface area contributed by atoms with Gasteiger partial charge in [-0.05, 0) is 33.6 Å². The summed E-state index contributed by atoms with van der Waals surface area (Å²) in [5.74, 6) is -0.0230. The second kappa shape index (κ2) is 7.10. The lowest BCUT2D eigenvalue weighted by molar-refractivity contribution is -0.141. The first-order chi connectivity index (χ1) is 8.42. The molecule has 0 unspecified atom stereocenters. The van der Waals surface area contributed by atoms with Gasteiger partial charge in [0, 0.05) is 13.1 Å². The number of nitrogens with zero attached hydrogens (tertiary/aromatic N) is 1. The number of rotatable bonds is 6. The van der Waals surface area contributed by atoms with Crippen molar-refractivity contribution in [2.45, 2.75) is 64.6 Å². The molecule has 18 heavy (non-hydrogen) atoms. The van der Waals surface area contributed by atoms with E-state index in [-0.39, 0.29) is 18.6 Å². The molecule has 0 radical (unpaired) electrons. The maximum absolute atomic E-state index is 12.0. The minimum Gasteiger partial charge on any atom is -0.389 e. The Balaban J connectivity index is 2.32. The second-order valence-electron chi connectivity index (χ2n) is 5.79. The van der Waals surface area contributed by atoms with E-state index in [0.29, 0.717) is 13.1 Å². The predicted octanol–water partition coefficient (Wildman–Crippen LogP) is 1.96. The van der Waals surface area contributed by atoms with Crippen molar-refractivity contribution in [3.63, 3.8) is 0 Å². The van der Waals surface area contributed by atoms with Gasteiger partial charge in [0.25, 0.3) is 0 Å². The molecule has 0 saturated heterocycles. The highest BCUT2D eigenvalue weighted by Crippen LogP contribution is 2.20. The maximum atomic E-state index is 12.0. The highest BCUT2D eigenvalue weighted by molar-refractivity contribution is 5.77. The van der Waals surface area contributed by atoms with Crippen molar-refractivity contribution in [3.8, 4) is 0 Å². The smallest absolute Gasteiger partial charge is 0.248 e. The lowest BCUT2D eigenvalue weighted by atomic mass is 9.98. The largest absolute Gasteiger partial charge is 0.389 e. The van der Waals surface area contributed by atoms with Crippen LogP contribution >= 0.6 is 0 Å². The fourth-order valence-corrected chi connectivity index (χ4v) is 2.36. The quantitative estimate of drug-likeness (QED) is 0.791. The summed E-state index contributed by atoms with van der Waals surface area (Å²) >= 11 is 0.